The van der Waals surface area contributed by atoms with Gasteiger partial charge in [-0.15, -0.1) is 0 Å². The van der Waals surface area contributed by atoms with Gasteiger partial charge in [-0.3, -0.25) is 9.59 Å². The molecule has 2 aromatic carbocycles. The van der Waals surface area contributed by atoms with Gasteiger partial charge in [0, 0.05) is 22.8 Å². The number of benzene rings is 2. The highest BCUT2D eigenvalue weighted by atomic mass is 35.5. The zero-order valence-electron chi connectivity index (χ0n) is 14.7. The highest BCUT2D eigenvalue weighted by Gasteiger charge is 2.48. The van der Waals surface area contributed by atoms with Crippen molar-refractivity contribution >= 4 is 29.1 Å². The minimum absolute atomic E-state index is 0.112. The average Bonchev–Trinajstić information content (AvgIpc) is 3.44. The molecule has 0 aliphatic heterocycles. The molecule has 2 amide bonds. The highest BCUT2D eigenvalue weighted by molar-refractivity contribution is 6.31. The fourth-order valence-electron chi connectivity index (χ4n) is 2.89. The Kier molecular flexibility index (Phi) is 5.47. The van der Waals surface area contributed by atoms with Crippen LogP contribution in [0.5, 0.6) is 5.75 Å². The Morgan fingerprint density at radius 2 is 1.88 bits per heavy atom. The van der Waals surface area contributed by atoms with Crippen molar-refractivity contribution in [1.82, 2.24) is 5.32 Å². The zero-order chi connectivity index (χ0) is 18.7. The van der Waals surface area contributed by atoms with E-state index in [2.05, 4.69) is 10.6 Å². The van der Waals surface area contributed by atoms with Crippen LogP contribution in [0.15, 0.2) is 42.5 Å². The topological polar surface area (TPSA) is 67.4 Å². The van der Waals surface area contributed by atoms with Crippen LogP contribution < -0.4 is 15.4 Å². The van der Waals surface area contributed by atoms with E-state index in [-0.39, 0.29) is 23.7 Å². The van der Waals surface area contributed by atoms with Gasteiger partial charge in [-0.25, -0.2) is 0 Å². The van der Waals surface area contributed by atoms with Gasteiger partial charge >= 0.3 is 0 Å². The smallest absolute Gasteiger partial charge is 0.228 e. The van der Waals surface area contributed by atoms with Crippen LogP contribution in [0, 0.1) is 18.8 Å². The standard InChI is InChI=1S/C20H21ClN2O3/c1-12-7-8-14(21)9-17(12)23-20(25)16-10-15(16)19(24)22-11-13-5-3-4-6-18(13)26-2/h3-9,15-16H,10-11H2,1-2H3,(H,22,24)(H,23,25). The van der Waals surface area contributed by atoms with Gasteiger partial charge in [0.1, 0.15) is 5.75 Å². The maximum absolute atomic E-state index is 12.4. The van der Waals surface area contributed by atoms with Crippen LogP contribution in [0.4, 0.5) is 5.69 Å². The average molecular weight is 373 g/mol. The number of rotatable bonds is 6. The zero-order valence-corrected chi connectivity index (χ0v) is 15.5. The summed E-state index contributed by atoms with van der Waals surface area (Å²) in [6, 6.07) is 12.9. The lowest BCUT2D eigenvalue weighted by Crippen LogP contribution is -2.27. The van der Waals surface area contributed by atoms with E-state index in [4.69, 9.17) is 16.3 Å². The quantitative estimate of drug-likeness (QED) is 0.814. The lowest BCUT2D eigenvalue weighted by atomic mass is 10.2. The van der Waals surface area contributed by atoms with Crippen LogP contribution in [-0.4, -0.2) is 18.9 Å². The Hall–Kier alpha value is -2.53. The van der Waals surface area contributed by atoms with Gasteiger partial charge in [0.15, 0.2) is 0 Å². The summed E-state index contributed by atoms with van der Waals surface area (Å²) in [7, 11) is 1.60. The summed E-state index contributed by atoms with van der Waals surface area (Å²) >= 11 is 5.97. The van der Waals surface area contributed by atoms with Gasteiger partial charge in [-0.05, 0) is 37.1 Å². The minimum atomic E-state index is -0.300. The van der Waals surface area contributed by atoms with Gasteiger partial charge in [0.2, 0.25) is 11.8 Å². The molecular weight excluding hydrogens is 352 g/mol. The summed E-state index contributed by atoms with van der Waals surface area (Å²) < 4.78 is 5.27. The first-order chi connectivity index (χ1) is 12.5. The van der Waals surface area contributed by atoms with Gasteiger partial charge in [0.25, 0.3) is 0 Å². The van der Waals surface area contributed by atoms with E-state index in [0.29, 0.717) is 23.7 Å². The number of carbonyl (C=O) groups is 2. The fourth-order valence-corrected chi connectivity index (χ4v) is 3.06. The molecule has 3 rings (SSSR count). The molecule has 2 atom stereocenters. The van der Waals surface area contributed by atoms with Gasteiger partial charge < -0.3 is 15.4 Å². The van der Waals surface area contributed by atoms with Crippen molar-refractivity contribution in [1.29, 1.82) is 0 Å². The third-order valence-corrected chi connectivity index (χ3v) is 4.80. The molecule has 1 aliphatic carbocycles. The number of hydrogen-bond donors (Lipinski definition) is 2. The number of halogens is 1. The summed E-state index contributed by atoms with van der Waals surface area (Å²) in [5.41, 5.74) is 2.52. The van der Waals surface area contributed by atoms with Crippen molar-refractivity contribution in [2.24, 2.45) is 11.8 Å². The number of ether oxygens (including phenoxy) is 1. The van der Waals surface area contributed by atoms with Crippen molar-refractivity contribution in [2.75, 3.05) is 12.4 Å². The molecule has 2 N–H and O–H groups in total. The molecule has 0 spiro atoms. The van der Waals surface area contributed by atoms with Crippen molar-refractivity contribution in [3.05, 3.63) is 58.6 Å². The third kappa shape index (κ3) is 4.17. The van der Waals surface area contributed by atoms with Crippen molar-refractivity contribution in [3.63, 3.8) is 0 Å². The second-order valence-electron chi connectivity index (χ2n) is 6.43. The molecule has 5 nitrogen and oxygen atoms in total. The first kappa shape index (κ1) is 18.3. The van der Waals surface area contributed by atoms with Crippen LogP contribution in [0.3, 0.4) is 0 Å². The number of methoxy groups -OCH3 is 1. The molecule has 2 aromatic rings. The predicted octanol–water partition coefficient (Wildman–Crippen LogP) is 3.55. The Labute approximate surface area is 157 Å². The summed E-state index contributed by atoms with van der Waals surface area (Å²) in [5.74, 6) is -0.115. The molecule has 0 radical (unpaired) electrons. The normalized spacial score (nSPS) is 18.1. The largest absolute Gasteiger partial charge is 0.496 e. The van der Waals surface area contributed by atoms with Crippen LogP contribution in [0.2, 0.25) is 5.02 Å². The van der Waals surface area contributed by atoms with E-state index in [1.165, 1.54) is 0 Å². The first-order valence-electron chi connectivity index (χ1n) is 8.46. The highest BCUT2D eigenvalue weighted by Crippen LogP contribution is 2.40. The number of carbonyl (C=O) groups excluding carboxylic acids is 2. The second-order valence-corrected chi connectivity index (χ2v) is 6.86. The first-order valence-corrected chi connectivity index (χ1v) is 8.84. The van der Waals surface area contributed by atoms with E-state index < -0.39 is 0 Å². The molecule has 1 fully saturated rings. The van der Waals surface area contributed by atoms with Crippen LogP contribution in [-0.2, 0) is 16.1 Å². The fraction of sp³-hybridized carbons (Fsp3) is 0.300. The number of aryl methyl sites for hydroxylation is 1. The number of nitrogens with one attached hydrogen (secondary N) is 2. The molecule has 2 unspecified atom stereocenters. The van der Waals surface area contributed by atoms with E-state index in [1.54, 1.807) is 19.2 Å². The van der Waals surface area contributed by atoms with Crippen molar-refractivity contribution in [2.45, 2.75) is 19.9 Å². The Bertz CT molecular complexity index is 838. The van der Waals surface area contributed by atoms with E-state index in [0.717, 1.165) is 16.9 Å². The van der Waals surface area contributed by atoms with Crippen LogP contribution in [0.25, 0.3) is 0 Å². The molecule has 0 heterocycles. The molecular formula is C20H21ClN2O3. The van der Waals surface area contributed by atoms with Gasteiger partial charge in [0.05, 0.1) is 18.9 Å². The number of anilines is 1. The Morgan fingerprint density at radius 3 is 2.65 bits per heavy atom. The molecule has 1 aliphatic rings. The third-order valence-electron chi connectivity index (χ3n) is 4.57. The Balaban J connectivity index is 1.53. The van der Waals surface area contributed by atoms with Gasteiger partial charge in [-0.1, -0.05) is 35.9 Å². The molecule has 136 valence electrons. The molecule has 0 bridgehead atoms. The Morgan fingerprint density at radius 1 is 1.15 bits per heavy atom. The summed E-state index contributed by atoms with van der Waals surface area (Å²) in [4.78, 5) is 24.7. The van der Waals surface area contributed by atoms with Crippen LogP contribution in [0.1, 0.15) is 17.5 Å². The van der Waals surface area contributed by atoms with Crippen molar-refractivity contribution in [3.8, 4) is 5.75 Å². The summed E-state index contributed by atoms with van der Waals surface area (Å²) in [6.45, 7) is 2.28. The maximum atomic E-state index is 12.4. The molecule has 6 heteroatoms. The maximum Gasteiger partial charge on any atom is 0.228 e. The summed E-state index contributed by atoms with van der Waals surface area (Å²) in [5, 5.41) is 6.31. The molecule has 0 saturated heterocycles. The lowest BCUT2D eigenvalue weighted by Gasteiger charge is -2.10. The van der Waals surface area contributed by atoms with Crippen molar-refractivity contribution < 1.29 is 14.3 Å². The molecule has 1 saturated carbocycles. The monoisotopic (exact) mass is 372 g/mol. The number of para-hydroxylation sites is 1. The van der Waals surface area contributed by atoms with Crippen LogP contribution >= 0.6 is 11.6 Å². The number of hydrogen-bond acceptors (Lipinski definition) is 3. The van der Waals surface area contributed by atoms with E-state index in [1.807, 2.05) is 37.3 Å². The number of amides is 2. The summed E-state index contributed by atoms with van der Waals surface area (Å²) in [6.07, 6.45) is 0.559. The van der Waals surface area contributed by atoms with E-state index in [9.17, 15) is 9.59 Å². The molecule has 26 heavy (non-hydrogen) atoms. The van der Waals surface area contributed by atoms with E-state index >= 15 is 0 Å². The second kappa shape index (κ2) is 7.79. The van der Waals surface area contributed by atoms with Gasteiger partial charge in [-0.2, -0.15) is 0 Å². The molecule has 0 aromatic heterocycles. The SMILES string of the molecule is COc1ccccc1CNC(=O)C1CC1C(=O)Nc1cc(Cl)ccc1C. The lowest BCUT2D eigenvalue weighted by molar-refractivity contribution is -0.125. The minimum Gasteiger partial charge on any atom is -0.496 e. The predicted molar refractivity (Wildman–Crippen MR) is 101 cm³/mol.